The third-order valence-corrected chi connectivity index (χ3v) is 7.10. The molecule has 3 rings (SSSR count). The van der Waals surface area contributed by atoms with Crippen LogP contribution in [0.5, 0.6) is 0 Å². The number of Topliss-reactive ketones (excluding diaryl/α,β-unsaturated/α-hetero) is 1. The molecule has 0 radical (unpaired) electrons. The minimum absolute atomic E-state index is 0.00547. The van der Waals surface area contributed by atoms with Gasteiger partial charge in [-0.2, -0.15) is 0 Å². The molecule has 1 aromatic heterocycles. The third-order valence-electron chi connectivity index (χ3n) is 7.10. The standard InChI is InChI=1S/C31H36FN3O4/c1-5-30(2,3)18-26(36)20-34-28(37)31(4,35(29(38)39)21-23-9-7-6-8-10-23)17-22-11-13-24(14-12-22)27-16-15-25(32)19-33-27/h6-16,19H,5,17-18,20-21H2,1-4H3,(H,34,37)(H,38,39). The number of carboxylic acid groups (broad SMARTS) is 1. The zero-order chi connectivity index (χ0) is 28.6. The molecule has 0 fully saturated rings. The maximum atomic E-state index is 13.7. The summed E-state index contributed by atoms with van der Waals surface area (Å²) >= 11 is 0. The van der Waals surface area contributed by atoms with Crippen molar-refractivity contribution in [2.24, 2.45) is 5.41 Å². The fraction of sp³-hybridized carbons (Fsp3) is 0.355. The lowest BCUT2D eigenvalue weighted by atomic mass is 9.84. The zero-order valence-electron chi connectivity index (χ0n) is 22.9. The molecule has 2 aromatic carbocycles. The second kappa shape index (κ2) is 12.7. The number of ketones is 1. The molecule has 0 spiro atoms. The first-order valence-corrected chi connectivity index (χ1v) is 13.0. The third kappa shape index (κ3) is 7.96. The molecule has 0 aliphatic carbocycles. The summed E-state index contributed by atoms with van der Waals surface area (Å²) in [6, 6.07) is 19.1. The quantitative estimate of drug-likeness (QED) is 0.303. The fourth-order valence-corrected chi connectivity index (χ4v) is 4.35. The summed E-state index contributed by atoms with van der Waals surface area (Å²) in [5.74, 6) is -1.09. The fourth-order valence-electron chi connectivity index (χ4n) is 4.35. The summed E-state index contributed by atoms with van der Waals surface area (Å²) in [4.78, 5) is 44.0. The van der Waals surface area contributed by atoms with Crippen LogP contribution in [0.2, 0.25) is 0 Å². The molecular formula is C31H36FN3O4. The predicted molar refractivity (Wildman–Crippen MR) is 148 cm³/mol. The van der Waals surface area contributed by atoms with Gasteiger partial charge in [-0.25, -0.2) is 9.18 Å². The number of amides is 2. The van der Waals surface area contributed by atoms with Gasteiger partial charge in [-0.15, -0.1) is 0 Å². The number of nitrogens with zero attached hydrogens (tertiary/aromatic N) is 2. The van der Waals surface area contributed by atoms with E-state index in [1.54, 1.807) is 49.4 Å². The molecule has 0 aliphatic rings. The van der Waals surface area contributed by atoms with Crippen molar-refractivity contribution in [1.82, 2.24) is 15.2 Å². The van der Waals surface area contributed by atoms with E-state index in [0.29, 0.717) is 12.1 Å². The number of carbonyl (C=O) groups is 3. The molecule has 206 valence electrons. The average molecular weight is 534 g/mol. The molecule has 2 N–H and O–H groups in total. The number of nitrogens with one attached hydrogen (secondary N) is 1. The summed E-state index contributed by atoms with van der Waals surface area (Å²) in [5.41, 5.74) is 1.10. The number of pyridine rings is 1. The number of carbonyl (C=O) groups excluding carboxylic acids is 2. The minimum Gasteiger partial charge on any atom is -0.465 e. The Labute approximate surface area is 229 Å². The van der Waals surface area contributed by atoms with E-state index >= 15 is 0 Å². The lowest BCUT2D eigenvalue weighted by Gasteiger charge is -2.38. The molecule has 3 aromatic rings. The van der Waals surface area contributed by atoms with Crippen LogP contribution in [0.25, 0.3) is 11.3 Å². The highest BCUT2D eigenvalue weighted by molar-refractivity contribution is 5.93. The Hall–Kier alpha value is -4.07. The van der Waals surface area contributed by atoms with Crippen LogP contribution < -0.4 is 5.32 Å². The number of benzene rings is 2. The number of halogens is 1. The van der Waals surface area contributed by atoms with Gasteiger partial charge in [0.05, 0.1) is 25.0 Å². The van der Waals surface area contributed by atoms with Crippen LogP contribution in [-0.2, 0) is 22.6 Å². The van der Waals surface area contributed by atoms with Crippen molar-refractivity contribution in [3.8, 4) is 11.3 Å². The zero-order valence-corrected chi connectivity index (χ0v) is 22.9. The van der Waals surface area contributed by atoms with Gasteiger partial charge in [-0.05, 0) is 35.6 Å². The largest absolute Gasteiger partial charge is 0.465 e. The first-order chi connectivity index (χ1) is 18.4. The van der Waals surface area contributed by atoms with Crippen molar-refractivity contribution >= 4 is 17.8 Å². The minimum atomic E-state index is -1.52. The van der Waals surface area contributed by atoms with E-state index in [0.717, 1.165) is 34.2 Å². The van der Waals surface area contributed by atoms with Crippen molar-refractivity contribution in [3.63, 3.8) is 0 Å². The molecule has 0 saturated heterocycles. The van der Waals surface area contributed by atoms with Crippen molar-refractivity contribution in [2.75, 3.05) is 6.54 Å². The molecule has 7 nitrogen and oxygen atoms in total. The van der Waals surface area contributed by atoms with E-state index in [1.807, 2.05) is 39.0 Å². The Balaban J connectivity index is 1.89. The highest BCUT2D eigenvalue weighted by Crippen LogP contribution is 2.27. The average Bonchev–Trinajstić information content (AvgIpc) is 2.91. The van der Waals surface area contributed by atoms with Crippen LogP contribution in [-0.4, -0.2) is 44.9 Å². The molecule has 2 amide bonds. The highest BCUT2D eigenvalue weighted by atomic mass is 19.1. The van der Waals surface area contributed by atoms with Crippen LogP contribution >= 0.6 is 0 Å². The van der Waals surface area contributed by atoms with E-state index in [4.69, 9.17) is 0 Å². The topological polar surface area (TPSA) is 99.6 Å². The van der Waals surface area contributed by atoms with Crippen LogP contribution in [0.4, 0.5) is 9.18 Å². The van der Waals surface area contributed by atoms with E-state index in [9.17, 15) is 23.9 Å². The molecule has 8 heteroatoms. The lowest BCUT2D eigenvalue weighted by molar-refractivity contribution is -0.134. The Morgan fingerprint density at radius 1 is 0.949 bits per heavy atom. The van der Waals surface area contributed by atoms with Crippen LogP contribution in [0.1, 0.15) is 51.7 Å². The SMILES string of the molecule is CCC(C)(C)CC(=O)CNC(=O)C(C)(Cc1ccc(-c2ccc(F)cn2)cc1)N(Cc1ccccc1)C(=O)O. The van der Waals surface area contributed by atoms with Crippen LogP contribution in [0.3, 0.4) is 0 Å². The van der Waals surface area contributed by atoms with E-state index in [2.05, 4.69) is 10.3 Å². The summed E-state index contributed by atoms with van der Waals surface area (Å²) < 4.78 is 13.3. The van der Waals surface area contributed by atoms with Gasteiger partial charge in [0.15, 0.2) is 5.78 Å². The monoisotopic (exact) mass is 533 g/mol. The smallest absolute Gasteiger partial charge is 0.408 e. The van der Waals surface area contributed by atoms with Crippen molar-refractivity contribution in [2.45, 2.75) is 59.0 Å². The van der Waals surface area contributed by atoms with E-state index in [-0.39, 0.29) is 30.7 Å². The lowest BCUT2D eigenvalue weighted by Crippen LogP contribution is -2.60. The Kier molecular flexibility index (Phi) is 9.56. The van der Waals surface area contributed by atoms with Gasteiger partial charge in [-0.3, -0.25) is 19.5 Å². The Morgan fingerprint density at radius 2 is 1.62 bits per heavy atom. The van der Waals surface area contributed by atoms with Crippen molar-refractivity contribution in [3.05, 3.63) is 89.9 Å². The number of hydrogen-bond acceptors (Lipinski definition) is 4. The van der Waals surface area contributed by atoms with Crippen molar-refractivity contribution in [1.29, 1.82) is 0 Å². The molecule has 1 atom stereocenters. The maximum absolute atomic E-state index is 13.7. The van der Waals surface area contributed by atoms with Gasteiger partial charge in [0.2, 0.25) is 5.91 Å². The molecule has 0 aliphatic heterocycles. The van der Waals surface area contributed by atoms with Gasteiger partial charge >= 0.3 is 6.09 Å². The van der Waals surface area contributed by atoms with Crippen LogP contribution in [0.15, 0.2) is 72.9 Å². The second-order valence-corrected chi connectivity index (χ2v) is 10.8. The Bertz CT molecular complexity index is 1280. The molecule has 0 bridgehead atoms. The summed E-state index contributed by atoms with van der Waals surface area (Å²) in [5, 5.41) is 12.9. The summed E-state index contributed by atoms with van der Waals surface area (Å²) in [7, 11) is 0. The van der Waals surface area contributed by atoms with Crippen LogP contribution in [0, 0.1) is 11.2 Å². The predicted octanol–water partition coefficient (Wildman–Crippen LogP) is 5.88. The molecule has 1 unspecified atom stereocenters. The first kappa shape index (κ1) is 29.5. The van der Waals surface area contributed by atoms with Gasteiger partial charge < -0.3 is 10.4 Å². The van der Waals surface area contributed by atoms with Gasteiger partial charge in [-0.1, -0.05) is 81.8 Å². The molecular weight excluding hydrogens is 497 g/mol. The molecule has 1 heterocycles. The van der Waals surface area contributed by atoms with Gasteiger partial charge in [0.25, 0.3) is 0 Å². The van der Waals surface area contributed by atoms with E-state index < -0.39 is 23.4 Å². The Morgan fingerprint density at radius 3 is 2.18 bits per heavy atom. The second-order valence-electron chi connectivity index (χ2n) is 10.8. The number of rotatable bonds is 12. The highest BCUT2D eigenvalue weighted by Gasteiger charge is 2.43. The first-order valence-electron chi connectivity index (χ1n) is 13.0. The maximum Gasteiger partial charge on any atom is 0.408 e. The van der Waals surface area contributed by atoms with Gasteiger partial charge in [0, 0.05) is 18.4 Å². The molecule has 0 saturated carbocycles. The van der Waals surface area contributed by atoms with Crippen molar-refractivity contribution < 1.29 is 23.9 Å². The number of aromatic nitrogens is 1. The number of hydrogen-bond donors (Lipinski definition) is 2. The summed E-state index contributed by atoms with van der Waals surface area (Å²) in [6.07, 6.45) is 1.09. The molecule has 39 heavy (non-hydrogen) atoms. The van der Waals surface area contributed by atoms with E-state index in [1.165, 1.54) is 6.07 Å². The normalized spacial score (nSPS) is 12.8. The summed E-state index contributed by atoms with van der Waals surface area (Å²) in [6.45, 7) is 7.40. The van der Waals surface area contributed by atoms with Gasteiger partial charge in [0.1, 0.15) is 11.4 Å².